The fourth-order valence-electron chi connectivity index (χ4n) is 3.03. The number of nitrogens with one attached hydrogen (secondary N) is 1. The first-order valence-electron chi connectivity index (χ1n) is 8.81. The zero-order chi connectivity index (χ0) is 19.1. The molecule has 0 aliphatic carbocycles. The van der Waals surface area contributed by atoms with Crippen molar-refractivity contribution in [3.8, 4) is 5.75 Å². The van der Waals surface area contributed by atoms with Crippen molar-refractivity contribution in [1.82, 2.24) is 15.2 Å². The molecule has 3 rings (SSSR count). The lowest BCUT2D eigenvalue weighted by atomic mass is 10.2. The summed E-state index contributed by atoms with van der Waals surface area (Å²) in [6.07, 6.45) is 1.80. The first-order chi connectivity index (χ1) is 13.2. The number of aromatic nitrogens is 1. The fraction of sp³-hybridized carbons (Fsp3) is 0.368. The number of pyridine rings is 1. The van der Waals surface area contributed by atoms with Crippen LogP contribution in [0.1, 0.15) is 5.56 Å². The summed E-state index contributed by atoms with van der Waals surface area (Å²) in [7, 11) is 1.74. The second-order valence-electron chi connectivity index (χ2n) is 6.09. The number of hydrogen-bond donors (Lipinski definition) is 1. The van der Waals surface area contributed by atoms with Crippen LogP contribution in [0.2, 0.25) is 0 Å². The molecule has 2 aromatic rings. The second kappa shape index (κ2) is 11.0. The zero-order valence-corrected chi connectivity index (χ0v) is 17.9. The van der Waals surface area contributed by atoms with E-state index in [0.29, 0.717) is 6.54 Å². The average molecular weight is 503 g/mol. The van der Waals surface area contributed by atoms with Gasteiger partial charge in [0.05, 0.1) is 0 Å². The molecule has 0 atom stereocenters. The van der Waals surface area contributed by atoms with Gasteiger partial charge in [0.2, 0.25) is 0 Å². The number of ether oxygens (including phenoxy) is 1. The highest BCUT2D eigenvalue weighted by molar-refractivity contribution is 14.0. The standard InChI is InChI=1S/C19H23F2N5O.HI/c1-22-19(24-14-15-5-4-6-16(13-15)27-18(20)21)26-11-9-25(10-12-26)17-7-2-3-8-23-17;/h2-8,13,18H,9-12,14H2,1H3,(H,22,24);1H. The van der Waals surface area contributed by atoms with E-state index in [-0.39, 0.29) is 29.7 Å². The van der Waals surface area contributed by atoms with E-state index < -0.39 is 6.61 Å². The smallest absolute Gasteiger partial charge is 0.387 e. The van der Waals surface area contributed by atoms with Crippen LogP contribution >= 0.6 is 24.0 Å². The van der Waals surface area contributed by atoms with Crippen LogP contribution in [-0.2, 0) is 6.54 Å². The first kappa shape index (κ1) is 22.1. The third-order valence-electron chi connectivity index (χ3n) is 4.34. The molecule has 1 fully saturated rings. The van der Waals surface area contributed by atoms with Crippen molar-refractivity contribution in [2.75, 3.05) is 38.1 Å². The number of piperazine rings is 1. The van der Waals surface area contributed by atoms with E-state index in [9.17, 15) is 8.78 Å². The normalized spacial score (nSPS) is 14.6. The van der Waals surface area contributed by atoms with Crippen LogP contribution in [0.25, 0.3) is 0 Å². The summed E-state index contributed by atoms with van der Waals surface area (Å²) in [5.74, 6) is 1.93. The number of hydrogen-bond acceptors (Lipinski definition) is 4. The summed E-state index contributed by atoms with van der Waals surface area (Å²) in [6.45, 7) is 1.02. The van der Waals surface area contributed by atoms with Crippen LogP contribution in [0.3, 0.4) is 0 Å². The highest BCUT2D eigenvalue weighted by Gasteiger charge is 2.20. The van der Waals surface area contributed by atoms with Crippen LogP contribution in [0.4, 0.5) is 14.6 Å². The number of nitrogens with zero attached hydrogens (tertiary/aromatic N) is 4. The van der Waals surface area contributed by atoms with Gasteiger partial charge in [-0.25, -0.2) is 4.98 Å². The minimum atomic E-state index is -2.82. The van der Waals surface area contributed by atoms with E-state index in [1.165, 1.54) is 6.07 Å². The van der Waals surface area contributed by atoms with E-state index in [2.05, 4.69) is 29.8 Å². The van der Waals surface area contributed by atoms with Gasteiger partial charge in [-0.3, -0.25) is 4.99 Å². The third kappa shape index (κ3) is 6.18. The first-order valence-corrected chi connectivity index (χ1v) is 8.81. The van der Waals surface area contributed by atoms with Crippen molar-refractivity contribution in [3.05, 3.63) is 54.2 Å². The molecule has 1 aliphatic rings. The molecule has 0 bridgehead atoms. The number of alkyl halides is 2. The van der Waals surface area contributed by atoms with Gasteiger partial charge in [-0.05, 0) is 29.8 Å². The summed E-state index contributed by atoms with van der Waals surface area (Å²) in [6, 6.07) is 12.6. The van der Waals surface area contributed by atoms with Crippen molar-refractivity contribution in [1.29, 1.82) is 0 Å². The van der Waals surface area contributed by atoms with E-state index in [1.54, 1.807) is 25.4 Å². The summed E-state index contributed by atoms with van der Waals surface area (Å²) in [4.78, 5) is 13.2. The largest absolute Gasteiger partial charge is 0.435 e. The Kier molecular flexibility index (Phi) is 8.68. The van der Waals surface area contributed by atoms with Gasteiger partial charge in [0.1, 0.15) is 11.6 Å². The number of benzene rings is 1. The van der Waals surface area contributed by atoms with E-state index in [4.69, 9.17) is 0 Å². The minimum absolute atomic E-state index is 0. The molecule has 1 aliphatic heterocycles. The summed E-state index contributed by atoms with van der Waals surface area (Å²) in [5.41, 5.74) is 0.849. The van der Waals surface area contributed by atoms with Crippen molar-refractivity contribution >= 4 is 35.8 Å². The molecule has 0 spiro atoms. The van der Waals surface area contributed by atoms with E-state index in [0.717, 1.165) is 43.5 Å². The molecule has 152 valence electrons. The molecular weight excluding hydrogens is 479 g/mol. The SMILES string of the molecule is CN=C(NCc1cccc(OC(F)F)c1)N1CCN(c2ccccn2)CC1.I. The van der Waals surface area contributed by atoms with Gasteiger partial charge in [-0.1, -0.05) is 18.2 Å². The Morgan fingerprint density at radius 1 is 1.18 bits per heavy atom. The number of aliphatic imine (C=N–C) groups is 1. The highest BCUT2D eigenvalue weighted by atomic mass is 127. The molecule has 28 heavy (non-hydrogen) atoms. The summed E-state index contributed by atoms with van der Waals surface area (Å²) >= 11 is 0. The quantitative estimate of drug-likeness (QED) is 0.386. The van der Waals surface area contributed by atoms with Crippen molar-refractivity contribution < 1.29 is 13.5 Å². The lowest BCUT2D eigenvalue weighted by Crippen LogP contribution is -2.52. The Labute approximate surface area is 180 Å². The Bertz CT molecular complexity index is 755. The molecule has 1 aromatic heterocycles. The summed E-state index contributed by atoms with van der Waals surface area (Å²) < 4.78 is 29.1. The molecule has 1 aromatic carbocycles. The monoisotopic (exact) mass is 503 g/mol. The van der Waals surface area contributed by atoms with Gasteiger partial charge in [0.25, 0.3) is 0 Å². The van der Waals surface area contributed by atoms with Gasteiger partial charge in [-0.2, -0.15) is 8.78 Å². The number of halogens is 3. The molecule has 0 unspecified atom stereocenters. The molecule has 0 amide bonds. The number of anilines is 1. The lowest BCUT2D eigenvalue weighted by Gasteiger charge is -2.37. The summed E-state index contributed by atoms with van der Waals surface area (Å²) in [5, 5.41) is 3.29. The topological polar surface area (TPSA) is 53.0 Å². The lowest BCUT2D eigenvalue weighted by molar-refractivity contribution is -0.0498. The van der Waals surface area contributed by atoms with Crippen LogP contribution in [0, 0.1) is 0 Å². The zero-order valence-electron chi connectivity index (χ0n) is 15.6. The van der Waals surface area contributed by atoms with Gasteiger partial charge in [0.15, 0.2) is 5.96 Å². The number of rotatable bonds is 5. The predicted octanol–water partition coefficient (Wildman–Crippen LogP) is 3.20. The van der Waals surface area contributed by atoms with E-state index in [1.807, 2.05) is 24.3 Å². The Balaban J connectivity index is 0.00000280. The van der Waals surface area contributed by atoms with Crippen LogP contribution in [0.5, 0.6) is 5.75 Å². The van der Waals surface area contributed by atoms with Gasteiger partial charge in [-0.15, -0.1) is 24.0 Å². The maximum atomic E-state index is 12.3. The van der Waals surface area contributed by atoms with Crippen molar-refractivity contribution in [2.24, 2.45) is 4.99 Å². The van der Waals surface area contributed by atoms with Crippen molar-refractivity contribution in [2.45, 2.75) is 13.2 Å². The molecule has 0 radical (unpaired) electrons. The Morgan fingerprint density at radius 2 is 1.96 bits per heavy atom. The minimum Gasteiger partial charge on any atom is -0.435 e. The van der Waals surface area contributed by atoms with Gasteiger partial charge in [0, 0.05) is 46.0 Å². The highest BCUT2D eigenvalue weighted by Crippen LogP contribution is 2.16. The molecule has 6 nitrogen and oxygen atoms in total. The third-order valence-corrected chi connectivity index (χ3v) is 4.34. The van der Waals surface area contributed by atoms with Crippen LogP contribution in [-0.4, -0.2) is 55.7 Å². The molecule has 0 saturated carbocycles. The van der Waals surface area contributed by atoms with Crippen LogP contribution in [0.15, 0.2) is 53.7 Å². The predicted molar refractivity (Wildman–Crippen MR) is 117 cm³/mol. The Hall–Kier alpha value is -2.17. The van der Waals surface area contributed by atoms with Gasteiger partial charge < -0.3 is 19.9 Å². The van der Waals surface area contributed by atoms with Crippen LogP contribution < -0.4 is 15.0 Å². The van der Waals surface area contributed by atoms with Gasteiger partial charge >= 0.3 is 6.61 Å². The molecule has 1 N–H and O–H groups in total. The molecule has 2 heterocycles. The van der Waals surface area contributed by atoms with Crippen molar-refractivity contribution in [3.63, 3.8) is 0 Å². The molecular formula is C19H24F2IN5O. The fourth-order valence-corrected chi connectivity index (χ4v) is 3.03. The maximum absolute atomic E-state index is 12.3. The second-order valence-corrected chi connectivity index (χ2v) is 6.09. The Morgan fingerprint density at radius 3 is 2.61 bits per heavy atom. The number of guanidine groups is 1. The maximum Gasteiger partial charge on any atom is 0.387 e. The molecule has 9 heteroatoms. The van der Waals surface area contributed by atoms with E-state index >= 15 is 0 Å². The average Bonchev–Trinajstić information content (AvgIpc) is 2.69. The molecule has 1 saturated heterocycles.